The van der Waals surface area contributed by atoms with Gasteiger partial charge in [0.1, 0.15) is 5.75 Å². The fourth-order valence-corrected chi connectivity index (χ4v) is 3.59. The normalized spacial score (nSPS) is 15.6. The Labute approximate surface area is 185 Å². The van der Waals surface area contributed by atoms with Gasteiger partial charge in [0.2, 0.25) is 0 Å². The zero-order valence-electron chi connectivity index (χ0n) is 17.6. The molecule has 9 heteroatoms. The summed E-state index contributed by atoms with van der Waals surface area (Å²) in [6.07, 6.45) is 0. The Bertz CT molecular complexity index is 1020. The van der Waals surface area contributed by atoms with Crippen LogP contribution in [-0.2, 0) is 9.53 Å². The number of amides is 2. The average Bonchev–Trinajstić information content (AvgIpc) is 2.79. The van der Waals surface area contributed by atoms with Crippen molar-refractivity contribution < 1.29 is 28.5 Å². The van der Waals surface area contributed by atoms with Crippen molar-refractivity contribution in [3.8, 4) is 17.2 Å². The number of hydrogen-bond donors (Lipinski definition) is 2. The summed E-state index contributed by atoms with van der Waals surface area (Å²) < 4.78 is 21.2. The van der Waals surface area contributed by atoms with Crippen molar-refractivity contribution in [1.29, 1.82) is 0 Å². The Morgan fingerprint density at radius 1 is 1.10 bits per heavy atom. The number of carbonyl (C=O) groups excluding carboxylic acids is 2. The highest BCUT2D eigenvalue weighted by Crippen LogP contribution is 2.41. The molecule has 1 aliphatic rings. The maximum absolute atomic E-state index is 12.8. The van der Waals surface area contributed by atoms with Gasteiger partial charge in [-0.3, -0.25) is 0 Å². The van der Waals surface area contributed by atoms with Gasteiger partial charge in [0.05, 0.1) is 50.3 Å². The minimum atomic E-state index is -0.833. The molecule has 0 aromatic heterocycles. The Morgan fingerprint density at radius 3 is 2.39 bits per heavy atom. The van der Waals surface area contributed by atoms with E-state index in [2.05, 4.69) is 10.6 Å². The Kier molecular flexibility index (Phi) is 6.91. The van der Waals surface area contributed by atoms with E-state index < -0.39 is 18.0 Å². The number of halogens is 1. The van der Waals surface area contributed by atoms with E-state index in [-0.39, 0.29) is 5.57 Å². The van der Waals surface area contributed by atoms with Crippen LogP contribution in [0.1, 0.15) is 24.1 Å². The summed E-state index contributed by atoms with van der Waals surface area (Å²) in [6.45, 7) is 2.23. The van der Waals surface area contributed by atoms with E-state index in [0.717, 1.165) is 0 Å². The first kappa shape index (κ1) is 22.3. The summed E-state index contributed by atoms with van der Waals surface area (Å²) in [5, 5.41) is 5.76. The number of nitrogens with one attached hydrogen (secondary N) is 2. The summed E-state index contributed by atoms with van der Waals surface area (Å²) in [5.74, 6) is 0.804. The van der Waals surface area contributed by atoms with Crippen LogP contribution in [0.2, 0.25) is 5.02 Å². The highest BCUT2D eigenvalue weighted by molar-refractivity contribution is 6.32. The third-order valence-corrected chi connectivity index (χ3v) is 5.01. The third-order valence-electron chi connectivity index (χ3n) is 4.73. The molecular formula is C22H23ClN2O6. The molecule has 164 valence electrons. The average molecular weight is 447 g/mol. The molecule has 0 radical (unpaired) electrons. The van der Waals surface area contributed by atoms with Crippen molar-refractivity contribution in [2.75, 3.05) is 27.9 Å². The molecule has 1 aliphatic heterocycles. The predicted octanol–water partition coefficient (Wildman–Crippen LogP) is 3.69. The first-order chi connectivity index (χ1) is 14.9. The predicted molar refractivity (Wildman–Crippen MR) is 116 cm³/mol. The highest BCUT2D eigenvalue weighted by Gasteiger charge is 2.35. The minimum Gasteiger partial charge on any atom is -0.497 e. The molecule has 0 aliphatic carbocycles. The van der Waals surface area contributed by atoms with Crippen LogP contribution in [0.5, 0.6) is 17.2 Å². The number of benzene rings is 2. The molecule has 0 saturated carbocycles. The fraction of sp³-hybridized carbons (Fsp3) is 0.273. The van der Waals surface area contributed by atoms with Crippen LogP contribution in [-0.4, -0.2) is 39.9 Å². The van der Waals surface area contributed by atoms with Gasteiger partial charge < -0.3 is 29.6 Å². The Balaban J connectivity index is 2.18. The lowest BCUT2D eigenvalue weighted by Crippen LogP contribution is -2.45. The SMILES string of the molecule is CCOc1c(Cl)cc(C2NC(=O)NC(c3ccc(OC)cc3)=C2C(=O)OC)cc1OC. The van der Waals surface area contributed by atoms with Crippen LogP contribution in [0.3, 0.4) is 0 Å². The molecule has 0 bridgehead atoms. The van der Waals surface area contributed by atoms with Crippen LogP contribution >= 0.6 is 11.6 Å². The van der Waals surface area contributed by atoms with E-state index in [1.165, 1.54) is 14.2 Å². The first-order valence-electron chi connectivity index (χ1n) is 9.48. The maximum Gasteiger partial charge on any atom is 0.338 e. The van der Waals surface area contributed by atoms with Crippen molar-refractivity contribution in [1.82, 2.24) is 10.6 Å². The molecule has 0 spiro atoms. The molecule has 2 aromatic rings. The van der Waals surface area contributed by atoms with Gasteiger partial charge in [-0.25, -0.2) is 9.59 Å². The second-order valence-corrected chi connectivity index (χ2v) is 6.91. The summed E-state index contributed by atoms with van der Waals surface area (Å²) in [5.41, 5.74) is 1.69. The van der Waals surface area contributed by atoms with E-state index in [1.54, 1.807) is 43.5 Å². The lowest BCUT2D eigenvalue weighted by molar-refractivity contribution is -0.136. The van der Waals surface area contributed by atoms with Crippen LogP contribution in [0.25, 0.3) is 5.70 Å². The van der Waals surface area contributed by atoms with Crippen molar-refractivity contribution in [2.45, 2.75) is 13.0 Å². The van der Waals surface area contributed by atoms with Gasteiger partial charge in [0.25, 0.3) is 0 Å². The molecule has 0 saturated heterocycles. The number of ether oxygens (including phenoxy) is 4. The van der Waals surface area contributed by atoms with E-state index in [1.807, 2.05) is 6.92 Å². The number of carbonyl (C=O) groups is 2. The lowest BCUT2D eigenvalue weighted by atomic mass is 9.92. The first-order valence-corrected chi connectivity index (χ1v) is 9.85. The zero-order valence-corrected chi connectivity index (χ0v) is 18.3. The molecule has 31 heavy (non-hydrogen) atoms. The van der Waals surface area contributed by atoms with Crippen LogP contribution in [0.4, 0.5) is 4.79 Å². The quantitative estimate of drug-likeness (QED) is 0.630. The Morgan fingerprint density at radius 2 is 1.81 bits per heavy atom. The van der Waals surface area contributed by atoms with E-state index in [9.17, 15) is 9.59 Å². The van der Waals surface area contributed by atoms with Crippen LogP contribution in [0.15, 0.2) is 42.0 Å². The zero-order chi connectivity index (χ0) is 22.5. The molecule has 1 heterocycles. The number of methoxy groups -OCH3 is 3. The maximum atomic E-state index is 12.8. The summed E-state index contributed by atoms with van der Waals surface area (Å²) in [7, 11) is 4.32. The van der Waals surface area contributed by atoms with E-state index in [4.69, 9.17) is 30.5 Å². The van der Waals surface area contributed by atoms with Crippen molar-refractivity contribution in [3.05, 3.63) is 58.1 Å². The lowest BCUT2D eigenvalue weighted by Gasteiger charge is -2.30. The molecule has 2 N–H and O–H groups in total. The van der Waals surface area contributed by atoms with Gasteiger partial charge in [-0.1, -0.05) is 11.6 Å². The number of esters is 1. The van der Waals surface area contributed by atoms with E-state index in [0.29, 0.717) is 45.7 Å². The van der Waals surface area contributed by atoms with Crippen molar-refractivity contribution in [3.63, 3.8) is 0 Å². The second kappa shape index (κ2) is 9.61. The topological polar surface area (TPSA) is 95.1 Å². The van der Waals surface area contributed by atoms with Gasteiger partial charge >= 0.3 is 12.0 Å². The molecule has 1 atom stereocenters. The fourth-order valence-electron chi connectivity index (χ4n) is 3.32. The molecule has 2 amide bonds. The smallest absolute Gasteiger partial charge is 0.338 e. The second-order valence-electron chi connectivity index (χ2n) is 6.51. The molecule has 0 fully saturated rings. The molecule has 1 unspecified atom stereocenters. The van der Waals surface area contributed by atoms with Crippen molar-refractivity contribution >= 4 is 29.3 Å². The van der Waals surface area contributed by atoms with Crippen molar-refractivity contribution in [2.24, 2.45) is 0 Å². The molecule has 3 rings (SSSR count). The highest BCUT2D eigenvalue weighted by atomic mass is 35.5. The van der Waals surface area contributed by atoms with Gasteiger partial charge in [-0.05, 0) is 54.4 Å². The van der Waals surface area contributed by atoms with Gasteiger partial charge in [-0.2, -0.15) is 0 Å². The number of rotatable bonds is 7. The Hall–Kier alpha value is -3.39. The number of hydrogen-bond acceptors (Lipinski definition) is 6. The molecular weight excluding hydrogens is 424 g/mol. The largest absolute Gasteiger partial charge is 0.497 e. The number of urea groups is 1. The van der Waals surface area contributed by atoms with Gasteiger partial charge in [0.15, 0.2) is 11.5 Å². The van der Waals surface area contributed by atoms with Gasteiger partial charge in [0, 0.05) is 0 Å². The summed E-state index contributed by atoms with van der Waals surface area (Å²) in [6, 6.07) is 8.93. The molecule has 8 nitrogen and oxygen atoms in total. The van der Waals surface area contributed by atoms with Crippen LogP contribution in [0, 0.1) is 0 Å². The summed E-state index contributed by atoms with van der Waals surface area (Å²) in [4.78, 5) is 25.3. The standard InChI is InChI=1S/C22H23ClN2O6/c1-5-31-20-15(23)10-13(11-16(20)29-3)19-17(21(26)30-4)18(24-22(27)25-19)12-6-8-14(28-2)9-7-12/h6-11,19H,5H2,1-4H3,(H2,24,25,27). The van der Waals surface area contributed by atoms with E-state index >= 15 is 0 Å². The monoisotopic (exact) mass is 446 g/mol. The van der Waals surface area contributed by atoms with Gasteiger partial charge in [-0.15, -0.1) is 0 Å². The minimum absolute atomic E-state index is 0.217. The summed E-state index contributed by atoms with van der Waals surface area (Å²) >= 11 is 6.42. The van der Waals surface area contributed by atoms with Crippen LogP contribution < -0.4 is 24.8 Å². The third kappa shape index (κ3) is 4.54. The molecule has 2 aromatic carbocycles.